The van der Waals surface area contributed by atoms with Crippen molar-refractivity contribution in [3.05, 3.63) is 23.8 Å². The van der Waals surface area contributed by atoms with E-state index in [9.17, 15) is 13.2 Å². The highest BCUT2D eigenvalue weighted by Gasteiger charge is 2.19. The van der Waals surface area contributed by atoms with Crippen LogP contribution in [0.4, 0.5) is 0 Å². The zero-order valence-corrected chi connectivity index (χ0v) is 15.6. The molecule has 136 valence electrons. The SMILES string of the molecule is CCS(=O)(=O)Oc1cc(CN(C(=O)COC)C(C)C)ccc1OC. The fourth-order valence-electron chi connectivity index (χ4n) is 2.04. The molecule has 1 amide bonds. The molecule has 0 aromatic heterocycles. The molecule has 0 saturated carbocycles. The molecule has 0 heterocycles. The Hall–Kier alpha value is -1.80. The van der Waals surface area contributed by atoms with E-state index in [1.807, 2.05) is 13.8 Å². The molecule has 0 bridgehead atoms. The number of hydrogen-bond donors (Lipinski definition) is 0. The van der Waals surface area contributed by atoms with Crippen molar-refractivity contribution in [2.45, 2.75) is 33.4 Å². The average Bonchev–Trinajstić information content (AvgIpc) is 2.52. The monoisotopic (exact) mass is 359 g/mol. The van der Waals surface area contributed by atoms with Gasteiger partial charge in [0.2, 0.25) is 5.91 Å². The third-order valence-corrected chi connectivity index (χ3v) is 4.50. The zero-order valence-electron chi connectivity index (χ0n) is 14.7. The highest BCUT2D eigenvalue weighted by Crippen LogP contribution is 2.30. The summed E-state index contributed by atoms with van der Waals surface area (Å²) in [6.07, 6.45) is 0. The molecule has 0 aliphatic heterocycles. The van der Waals surface area contributed by atoms with Gasteiger partial charge in [0.1, 0.15) is 6.61 Å². The standard InChI is InChI=1S/C16H25NO6S/c1-6-24(19,20)23-15-9-13(7-8-14(15)22-5)10-17(12(2)3)16(18)11-21-4/h7-9,12H,6,10-11H2,1-5H3. The van der Waals surface area contributed by atoms with Gasteiger partial charge in [-0.25, -0.2) is 0 Å². The number of hydrogen-bond acceptors (Lipinski definition) is 6. The van der Waals surface area contributed by atoms with Gasteiger partial charge in [-0.3, -0.25) is 4.79 Å². The van der Waals surface area contributed by atoms with E-state index in [0.717, 1.165) is 5.56 Å². The summed E-state index contributed by atoms with van der Waals surface area (Å²) < 4.78 is 38.5. The van der Waals surface area contributed by atoms with E-state index in [-0.39, 0.29) is 30.1 Å². The van der Waals surface area contributed by atoms with Crippen LogP contribution in [0.2, 0.25) is 0 Å². The Morgan fingerprint density at radius 2 is 1.88 bits per heavy atom. The fraction of sp³-hybridized carbons (Fsp3) is 0.562. The van der Waals surface area contributed by atoms with Crippen LogP contribution in [0.3, 0.4) is 0 Å². The van der Waals surface area contributed by atoms with E-state index in [0.29, 0.717) is 12.3 Å². The van der Waals surface area contributed by atoms with Crippen LogP contribution < -0.4 is 8.92 Å². The summed E-state index contributed by atoms with van der Waals surface area (Å²) in [5.41, 5.74) is 0.732. The topological polar surface area (TPSA) is 82.1 Å². The molecular weight excluding hydrogens is 334 g/mol. The van der Waals surface area contributed by atoms with E-state index in [1.54, 1.807) is 23.1 Å². The van der Waals surface area contributed by atoms with Crippen LogP contribution in [0, 0.1) is 0 Å². The van der Waals surface area contributed by atoms with Crippen molar-refractivity contribution < 1.29 is 26.9 Å². The quantitative estimate of drug-likeness (QED) is 0.626. The summed E-state index contributed by atoms with van der Waals surface area (Å²) in [4.78, 5) is 13.8. The fourth-order valence-corrected chi connectivity index (χ4v) is 2.56. The molecule has 1 rings (SSSR count). The van der Waals surface area contributed by atoms with Crippen LogP contribution in [0.5, 0.6) is 11.5 Å². The summed E-state index contributed by atoms with van der Waals surface area (Å²) >= 11 is 0. The minimum absolute atomic E-state index is 0.0120. The molecule has 0 radical (unpaired) electrons. The van der Waals surface area contributed by atoms with Gasteiger partial charge >= 0.3 is 10.1 Å². The van der Waals surface area contributed by atoms with Crippen molar-refractivity contribution in [1.29, 1.82) is 0 Å². The number of methoxy groups -OCH3 is 2. The van der Waals surface area contributed by atoms with Crippen molar-refractivity contribution in [3.63, 3.8) is 0 Å². The van der Waals surface area contributed by atoms with Crippen LogP contribution in [0.1, 0.15) is 26.3 Å². The van der Waals surface area contributed by atoms with Crippen molar-refractivity contribution in [2.24, 2.45) is 0 Å². The van der Waals surface area contributed by atoms with Gasteiger partial charge in [-0.1, -0.05) is 6.07 Å². The second-order valence-corrected chi connectivity index (χ2v) is 7.32. The lowest BCUT2D eigenvalue weighted by molar-refractivity contribution is -0.137. The van der Waals surface area contributed by atoms with Gasteiger partial charge in [0.25, 0.3) is 0 Å². The van der Waals surface area contributed by atoms with Gasteiger partial charge in [-0.05, 0) is 38.5 Å². The Kier molecular flexibility index (Phi) is 7.50. The van der Waals surface area contributed by atoms with E-state index < -0.39 is 10.1 Å². The first kappa shape index (κ1) is 20.2. The predicted molar refractivity (Wildman–Crippen MR) is 90.6 cm³/mol. The molecule has 8 heteroatoms. The maximum Gasteiger partial charge on any atom is 0.309 e. The Morgan fingerprint density at radius 3 is 2.38 bits per heavy atom. The molecule has 0 atom stereocenters. The Bertz CT molecular complexity index is 657. The lowest BCUT2D eigenvalue weighted by Crippen LogP contribution is -2.38. The molecule has 0 N–H and O–H groups in total. The third kappa shape index (κ3) is 5.68. The van der Waals surface area contributed by atoms with Gasteiger partial charge in [0.15, 0.2) is 11.5 Å². The molecule has 1 aromatic carbocycles. The second-order valence-electron chi connectivity index (χ2n) is 5.46. The highest BCUT2D eigenvalue weighted by atomic mass is 32.2. The lowest BCUT2D eigenvalue weighted by atomic mass is 10.1. The summed E-state index contributed by atoms with van der Waals surface area (Å²) in [7, 11) is -0.775. The predicted octanol–water partition coefficient (Wildman–Crippen LogP) is 1.81. The summed E-state index contributed by atoms with van der Waals surface area (Å²) in [5, 5.41) is 0. The van der Waals surface area contributed by atoms with E-state index in [4.69, 9.17) is 13.7 Å². The molecular formula is C16H25NO6S. The normalized spacial score (nSPS) is 11.4. The molecule has 24 heavy (non-hydrogen) atoms. The number of nitrogens with zero attached hydrogens (tertiary/aromatic N) is 1. The molecule has 0 fully saturated rings. The summed E-state index contributed by atoms with van der Waals surface area (Å²) in [5.74, 6) is 0.131. The number of amides is 1. The van der Waals surface area contributed by atoms with Crippen LogP contribution in [0.15, 0.2) is 18.2 Å². The van der Waals surface area contributed by atoms with Crippen molar-refractivity contribution >= 4 is 16.0 Å². The molecule has 0 saturated heterocycles. The minimum atomic E-state index is -3.67. The second kappa shape index (κ2) is 8.89. The van der Waals surface area contributed by atoms with E-state index >= 15 is 0 Å². The average molecular weight is 359 g/mol. The highest BCUT2D eigenvalue weighted by molar-refractivity contribution is 7.87. The van der Waals surface area contributed by atoms with Gasteiger partial charge in [-0.2, -0.15) is 8.42 Å². The summed E-state index contributed by atoms with van der Waals surface area (Å²) in [6, 6.07) is 4.93. The van der Waals surface area contributed by atoms with Crippen LogP contribution in [0.25, 0.3) is 0 Å². The third-order valence-electron chi connectivity index (χ3n) is 3.36. The van der Waals surface area contributed by atoms with Crippen molar-refractivity contribution in [3.8, 4) is 11.5 Å². The maximum absolute atomic E-state index is 12.1. The van der Waals surface area contributed by atoms with E-state index in [1.165, 1.54) is 21.1 Å². The molecule has 0 aliphatic rings. The van der Waals surface area contributed by atoms with Gasteiger partial charge in [0, 0.05) is 19.7 Å². The maximum atomic E-state index is 12.1. The number of benzene rings is 1. The van der Waals surface area contributed by atoms with Gasteiger partial charge in [-0.15, -0.1) is 0 Å². The van der Waals surface area contributed by atoms with Gasteiger partial charge in [0.05, 0.1) is 12.9 Å². The van der Waals surface area contributed by atoms with E-state index in [2.05, 4.69) is 0 Å². The first-order valence-electron chi connectivity index (χ1n) is 7.61. The Balaban J connectivity index is 3.09. The van der Waals surface area contributed by atoms with Gasteiger partial charge < -0.3 is 18.6 Å². The summed E-state index contributed by atoms with van der Waals surface area (Å²) in [6.45, 7) is 5.59. The zero-order chi connectivity index (χ0) is 18.3. The first-order valence-corrected chi connectivity index (χ1v) is 9.19. The number of rotatable bonds is 9. The molecule has 7 nitrogen and oxygen atoms in total. The minimum Gasteiger partial charge on any atom is -0.493 e. The molecule has 0 aliphatic carbocycles. The van der Waals surface area contributed by atoms with Crippen molar-refractivity contribution in [2.75, 3.05) is 26.6 Å². The van der Waals surface area contributed by atoms with Crippen LogP contribution in [-0.4, -0.2) is 51.8 Å². The first-order chi connectivity index (χ1) is 11.2. The number of ether oxygens (including phenoxy) is 2. The largest absolute Gasteiger partial charge is 0.493 e. The Morgan fingerprint density at radius 1 is 1.21 bits per heavy atom. The number of carbonyl (C=O) groups is 1. The number of carbonyl (C=O) groups excluding carboxylic acids is 1. The lowest BCUT2D eigenvalue weighted by Gasteiger charge is -2.27. The van der Waals surface area contributed by atoms with Crippen molar-refractivity contribution in [1.82, 2.24) is 4.90 Å². The molecule has 1 aromatic rings. The molecule has 0 unspecified atom stereocenters. The Labute approximate surface area is 143 Å². The van der Waals surface area contributed by atoms with Crippen LogP contribution >= 0.6 is 0 Å². The molecule has 0 spiro atoms. The smallest absolute Gasteiger partial charge is 0.309 e. The van der Waals surface area contributed by atoms with Crippen LogP contribution in [-0.2, 0) is 26.2 Å².